The Bertz CT molecular complexity index is 1380. The molecule has 158 valence electrons. The van der Waals surface area contributed by atoms with E-state index in [1.165, 1.54) is 11.3 Å². The molecule has 7 N–H and O–H groups in total. The monoisotopic (exact) mass is 437 g/mol. The molecular weight excluding hydrogens is 418 g/mol. The number of benzene rings is 1. The van der Waals surface area contributed by atoms with Crippen LogP contribution in [0.3, 0.4) is 0 Å². The van der Waals surface area contributed by atoms with Gasteiger partial charge in [-0.3, -0.25) is 9.59 Å². The smallest absolute Gasteiger partial charge is 0.323 e. The molecule has 0 saturated carbocycles. The summed E-state index contributed by atoms with van der Waals surface area (Å²) in [5.74, 6) is -1.01. The van der Waals surface area contributed by atoms with E-state index in [-0.39, 0.29) is 23.0 Å². The minimum Gasteiger partial charge on any atom is -0.352 e. The maximum Gasteiger partial charge on any atom is 0.323 e. The van der Waals surface area contributed by atoms with Gasteiger partial charge in [0, 0.05) is 29.2 Å². The summed E-state index contributed by atoms with van der Waals surface area (Å²) in [5.41, 5.74) is 1.62. The van der Waals surface area contributed by atoms with Gasteiger partial charge in [-0.25, -0.2) is 4.79 Å². The largest absolute Gasteiger partial charge is 0.352 e. The van der Waals surface area contributed by atoms with Crippen molar-refractivity contribution in [2.45, 2.75) is 12.8 Å². The number of carbonyl (C=O) groups excluding carboxylic acids is 2. The Balaban J connectivity index is 1.75. The van der Waals surface area contributed by atoms with Crippen LogP contribution in [0.4, 0.5) is 5.82 Å². The van der Waals surface area contributed by atoms with Crippen LogP contribution in [-0.2, 0) is 0 Å². The molecular formula is C20H19N7O3S. The Morgan fingerprint density at radius 3 is 2.45 bits per heavy atom. The summed E-state index contributed by atoms with van der Waals surface area (Å²) < 4.78 is 0. The molecule has 0 aliphatic rings. The highest BCUT2D eigenvalue weighted by atomic mass is 32.1. The second-order valence-electron chi connectivity index (χ2n) is 6.77. The van der Waals surface area contributed by atoms with Gasteiger partial charge in [-0.2, -0.15) is 0 Å². The van der Waals surface area contributed by atoms with Gasteiger partial charge >= 0.3 is 5.69 Å². The van der Waals surface area contributed by atoms with E-state index < -0.39 is 11.8 Å². The zero-order valence-electron chi connectivity index (χ0n) is 16.4. The predicted octanol–water partition coefficient (Wildman–Crippen LogP) is 2.78. The zero-order chi connectivity index (χ0) is 22.1. The van der Waals surface area contributed by atoms with Crippen molar-refractivity contribution in [1.29, 1.82) is 10.8 Å². The average molecular weight is 437 g/mol. The maximum absolute atomic E-state index is 12.8. The number of thiophene rings is 1. The number of rotatable bonds is 7. The van der Waals surface area contributed by atoms with Gasteiger partial charge in [-0.1, -0.05) is 0 Å². The number of anilines is 1. The lowest BCUT2D eigenvalue weighted by molar-refractivity contribution is 0.0958. The molecule has 4 aromatic rings. The first-order valence-corrected chi connectivity index (χ1v) is 10.2. The topological polar surface area (TPSA) is 170 Å². The molecule has 3 heterocycles. The van der Waals surface area contributed by atoms with Crippen LogP contribution in [0.15, 0.2) is 29.1 Å². The second kappa shape index (κ2) is 8.03. The molecule has 1 aromatic carbocycles. The summed E-state index contributed by atoms with van der Waals surface area (Å²) in [6.45, 7) is 2.20. The highest BCUT2D eigenvalue weighted by Gasteiger charge is 2.22. The van der Waals surface area contributed by atoms with Gasteiger partial charge in [-0.15, -0.1) is 11.3 Å². The maximum atomic E-state index is 12.8. The van der Waals surface area contributed by atoms with E-state index >= 15 is 0 Å². The van der Waals surface area contributed by atoms with Crippen molar-refractivity contribution in [2.24, 2.45) is 0 Å². The van der Waals surface area contributed by atoms with Crippen molar-refractivity contribution >= 4 is 63.3 Å². The fourth-order valence-corrected chi connectivity index (χ4v) is 4.29. The Morgan fingerprint density at radius 1 is 1.06 bits per heavy atom. The molecule has 3 aromatic heterocycles. The standard InChI is InChI=1S/C20H19N7O3S/c1-2-23-19(29)16-10-5-12-13(26-20(30)25-12)6-11(10)24-17(16)27-18(28)15-4-3-14(31-15)9(7-21)8-22/h3-9,21-22,24H,2H2,1H3,(H,23,29)(H,27,28)(H2,25,26,30). The molecule has 0 aliphatic carbocycles. The number of carbonyl (C=O) groups is 2. The van der Waals surface area contributed by atoms with Crippen molar-refractivity contribution in [3.05, 3.63) is 50.1 Å². The number of nitrogens with one attached hydrogen (secondary N) is 7. The van der Waals surface area contributed by atoms with Crippen LogP contribution in [0.1, 0.15) is 37.7 Å². The molecule has 0 aliphatic heterocycles. The molecule has 4 rings (SSSR count). The third-order valence-electron chi connectivity index (χ3n) is 4.77. The van der Waals surface area contributed by atoms with Crippen molar-refractivity contribution in [3.63, 3.8) is 0 Å². The number of aromatic amines is 3. The predicted molar refractivity (Wildman–Crippen MR) is 121 cm³/mol. The normalized spacial score (nSPS) is 12.0. The first kappa shape index (κ1) is 20.3. The summed E-state index contributed by atoms with van der Waals surface area (Å²) >= 11 is 1.18. The Hall–Kier alpha value is -3.99. The lowest BCUT2D eigenvalue weighted by Crippen LogP contribution is -2.24. The summed E-state index contributed by atoms with van der Waals surface area (Å²) in [4.78, 5) is 46.7. The van der Waals surface area contributed by atoms with E-state index in [1.54, 1.807) is 31.2 Å². The van der Waals surface area contributed by atoms with Gasteiger partial charge in [0.25, 0.3) is 11.8 Å². The minimum atomic E-state index is -0.476. The van der Waals surface area contributed by atoms with Gasteiger partial charge in [0.05, 0.1) is 32.9 Å². The quantitative estimate of drug-likeness (QED) is 0.221. The van der Waals surface area contributed by atoms with Crippen molar-refractivity contribution < 1.29 is 9.59 Å². The number of aromatic nitrogens is 3. The van der Waals surface area contributed by atoms with E-state index in [2.05, 4.69) is 25.6 Å². The van der Waals surface area contributed by atoms with Crippen LogP contribution in [0.2, 0.25) is 0 Å². The summed E-state index contributed by atoms with van der Waals surface area (Å²) in [6, 6.07) is 6.71. The lowest BCUT2D eigenvalue weighted by atomic mass is 10.1. The Labute approximate surface area is 179 Å². The van der Waals surface area contributed by atoms with Crippen molar-refractivity contribution in [3.8, 4) is 0 Å². The molecule has 11 heteroatoms. The summed E-state index contributed by atoms with van der Waals surface area (Å²) in [5, 5.41) is 20.8. The van der Waals surface area contributed by atoms with Gasteiger partial charge in [0.2, 0.25) is 0 Å². The molecule has 31 heavy (non-hydrogen) atoms. The molecule has 0 bridgehead atoms. The van der Waals surface area contributed by atoms with Crippen LogP contribution in [-0.4, -0.2) is 45.7 Å². The molecule has 0 spiro atoms. The number of H-pyrrole nitrogens is 3. The molecule has 0 fully saturated rings. The zero-order valence-corrected chi connectivity index (χ0v) is 17.2. The van der Waals surface area contributed by atoms with E-state index in [0.29, 0.717) is 38.2 Å². The van der Waals surface area contributed by atoms with Crippen molar-refractivity contribution in [2.75, 3.05) is 11.9 Å². The number of hydrogen-bond acceptors (Lipinski definition) is 6. The summed E-state index contributed by atoms with van der Waals surface area (Å²) in [6.07, 6.45) is 2.27. The molecule has 0 atom stereocenters. The van der Waals surface area contributed by atoms with Gasteiger partial charge in [0.15, 0.2) is 0 Å². The molecule has 2 amide bonds. The van der Waals surface area contributed by atoms with E-state index in [9.17, 15) is 14.4 Å². The lowest BCUT2D eigenvalue weighted by Gasteiger charge is -2.06. The minimum absolute atomic E-state index is 0.242. The van der Waals surface area contributed by atoms with Gasteiger partial charge in [-0.05, 0) is 31.2 Å². The fraction of sp³-hybridized carbons (Fsp3) is 0.150. The molecule has 0 unspecified atom stereocenters. The third kappa shape index (κ3) is 3.66. The Kier molecular flexibility index (Phi) is 5.26. The van der Waals surface area contributed by atoms with E-state index in [1.807, 2.05) is 0 Å². The number of amides is 2. The van der Waals surface area contributed by atoms with Crippen LogP contribution >= 0.6 is 11.3 Å². The van der Waals surface area contributed by atoms with E-state index in [0.717, 1.165) is 12.4 Å². The first-order valence-electron chi connectivity index (χ1n) is 9.43. The SMILES string of the molecule is CCNC(=O)c1c(NC(=O)c2ccc(C(C=N)C=N)s2)[nH]c2cc3[nH]c(=O)[nH]c3cc12. The van der Waals surface area contributed by atoms with E-state index in [4.69, 9.17) is 10.8 Å². The van der Waals surface area contributed by atoms with Crippen LogP contribution in [0.25, 0.3) is 21.9 Å². The molecule has 10 nitrogen and oxygen atoms in total. The van der Waals surface area contributed by atoms with Gasteiger partial charge < -0.3 is 36.4 Å². The first-order chi connectivity index (χ1) is 14.9. The van der Waals surface area contributed by atoms with Crippen LogP contribution in [0, 0.1) is 10.8 Å². The summed E-state index contributed by atoms with van der Waals surface area (Å²) in [7, 11) is 0. The molecule has 0 saturated heterocycles. The van der Waals surface area contributed by atoms with Crippen LogP contribution in [0.5, 0.6) is 0 Å². The van der Waals surface area contributed by atoms with Gasteiger partial charge in [0.1, 0.15) is 5.82 Å². The Morgan fingerprint density at radius 2 is 1.77 bits per heavy atom. The average Bonchev–Trinajstić information content (AvgIpc) is 3.43. The number of fused-ring (bicyclic) bond motifs is 2. The second-order valence-corrected chi connectivity index (χ2v) is 7.89. The number of hydrogen-bond donors (Lipinski definition) is 7. The van der Waals surface area contributed by atoms with Crippen LogP contribution < -0.4 is 16.3 Å². The molecule has 0 radical (unpaired) electrons. The highest BCUT2D eigenvalue weighted by Crippen LogP contribution is 2.30. The fourth-order valence-electron chi connectivity index (χ4n) is 3.34. The van der Waals surface area contributed by atoms with Crippen molar-refractivity contribution in [1.82, 2.24) is 20.3 Å². The number of imidazole rings is 1. The highest BCUT2D eigenvalue weighted by molar-refractivity contribution is 7.14. The third-order valence-corrected chi connectivity index (χ3v) is 5.96.